The summed E-state index contributed by atoms with van der Waals surface area (Å²) in [7, 11) is 0. The number of alkyl halides is 3. The summed E-state index contributed by atoms with van der Waals surface area (Å²) in [5.41, 5.74) is -3.24. The van der Waals surface area contributed by atoms with Crippen molar-refractivity contribution in [3.63, 3.8) is 0 Å². The van der Waals surface area contributed by atoms with E-state index in [9.17, 15) is 32.7 Å². The number of anilines is 2. The minimum absolute atomic E-state index is 0.0167. The number of β-amino-alcohol motifs (C(OH)–C–C–N with tert-alkyl or cyclic N) is 1. The fourth-order valence-corrected chi connectivity index (χ4v) is 9.51. The number of carbonyl (C=O) groups excluding carboxylic acids is 3. The summed E-state index contributed by atoms with van der Waals surface area (Å²) in [6, 6.07) is 5.94. The van der Waals surface area contributed by atoms with Crippen LogP contribution in [0.5, 0.6) is 5.75 Å². The number of aliphatic hydroxyl groups is 1. The Morgan fingerprint density at radius 3 is 2.46 bits per heavy atom. The van der Waals surface area contributed by atoms with Crippen LogP contribution in [0.1, 0.15) is 82.6 Å². The summed E-state index contributed by atoms with van der Waals surface area (Å²) in [5, 5.41) is 22.1. The first kappa shape index (κ1) is 51.4. The second-order valence-electron chi connectivity index (χ2n) is 18.2. The van der Waals surface area contributed by atoms with E-state index in [1.54, 1.807) is 11.7 Å². The van der Waals surface area contributed by atoms with Gasteiger partial charge >= 0.3 is 6.18 Å². The number of nitrogens with zero attached hydrogens (tertiary/aromatic N) is 7. The fourth-order valence-electron chi connectivity index (χ4n) is 8.23. The van der Waals surface area contributed by atoms with E-state index in [0.29, 0.717) is 29.3 Å². The molecule has 2 fully saturated rings. The maximum atomic E-state index is 15.7. The van der Waals surface area contributed by atoms with Gasteiger partial charge in [-0.05, 0) is 81.6 Å². The van der Waals surface area contributed by atoms with Gasteiger partial charge in [0.15, 0.2) is 28.3 Å². The van der Waals surface area contributed by atoms with Crippen LogP contribution in [0.2, 0.25) is 0 Å². The van der Waals surface area contributed by atoms with Crippen molar-refractivity contribution < 1.29 is 55.3 Å². The lowest BCUT2D eigenvalue weighted by Gasteiger charge is -2.35. The lowest BCUT2D eigenvalue weighted by molar-refractivity contribution is -0.141. The first-order valence-corrected chi connectivity index (χ1v) is 23.1. The second-order valence-corrected chi connectivity index (χ2v) is 19.4. The molecule has 5 heterocycles. The van der Waals surface area contributed by atoms with Gasteiger partial charge in [-0.1, -0.05) is 20.8 Å². The number of hydrogen-bond donors (Lipinski definition) is 3. The number of benzene rings is 2. The largest absolute Gasteiger partial charge is 0.491 e. The number of pyridine rings is 1. The van der Waals surface area contributed by atoms with Gasteiger partial charge in [-0.15, -0.1) is 11.3 Å². The predicted molar refractivity (Wildman–Crippen MR) is 249 cm³/mol. The van der Waals surface area contributed by atoms with E-state index >= 15 is 13.2 Å². The summed E-state index contributed by atoms with van der Waals surface area (Å²) in [6.45, 7) is 9.96. The number of H-pyrrole nitrogens is 1. The van der Waals surface area contributed by atoms with Crippen LogP contribution in [0.15, 0.2) is 54.3 Å². The SMILES string of the molecule is Cc1ncsc1-c1c[nH]c([C@@H]2C[C@@H](O)CN2C(=O)[C@@H](NC(=O)COCCCCOc2ccc(-c3ncc(N4C(=S)N(c5ccc(C#N)c(C(F)(F)F)c5F)C(=O)C4(C)C)cc3F)cc2F)C(C)(C)C)n1. The Hall–Kier alpha value is -6.48. The van der Waals surface area contributed by atoms with Gasteiger partial charge in [0.05, 0.1) is 64.0 Å². The number of imidazole rings is 1. The zero-order chi connectivity index (χ0) is 51.0. The zero-order valence-electron chi connectivity index (χ0n) is 38.6. The summed E-state index contributed by atoms with van der Waals surface area (Å²) in [4.78, 5) is 61.0. The maximum Gasteiger partial charge on any atom is 0.420 e. The molecule has 2 aliphatic heterocycles. The van der Waals surface area contributed by atoms with E-state index < -0.39 is 86.5 Å². The molecule has 3 aromatic heterocycles. The molecule has 2 aromatic carbocycles. The van der Waals surface area contributed by atoms with Crippen LogP contribution >= 0.6 is 23.6 Å². The van der Waals surface area contributed by atoms with Gasteiger partial charge in [-0.2, -0.15) is 18.4 Å². The van der Waals surface area contributed by atoms with Crippen LogP contribution in [0.4, 0.5) is 37.7 Å². The van der Waals surface area contributed by atoms with Crippen molar-refractivity contribution in [1.29, 1.82) is 5.26 Å². The predicted octanol–water partition coefficient (Wildman–Crippen LogP) is 8.17. The average molecular weight is 1010 g/mol. The van der Waals surface area contributed by atoms with Crippen LogP contribution in [-0.4, -0.2) is 96.8 Å². The van der Waals surface area contributed by atoms with Crippen molar-refractivity contribution >= 4 is 57.8 Å². The molecule has 0 radical (unpaired) electrons. The molecule has 3 N–H and O–H groups in total. The van der Waals surface area contributed by atoms with Gasteiger partial charge in [-0.3, -0.25) is 24.3 Å². The summed E-state index contributed by atoms with van der Waals surface area (Å²) in [6.07, 6.45) is -2.11. The van der Waals surface area contributed by atoms with E-state index in [1.165, 1.54) is 48.3 Å². The molecule has 3 atom stereocenters. The molecule has 23 heteroatoms. The number of likely N-dealkylation sites (tertiary alicyclic amines) is 1. The smallest absolute Gasteiger partial charge is 0.420 e. The Morgan fingerprint density at radius 2 is 1.81 bits per heavy atom. The third-order valence-corrected chi connectivity index (χ3v) is 13.1. The van der Waals surface area contributed by atoms with E-state index in [4.69, 9.17) is 31.9 Å². The highest BCUT2D eigenvalue weighted by Gasteiger charge is 2.52. The molecule has 0 unspecified atom stereocenters. The molecular weight excluding hydrogens is 965 g/mol. The second kappa shape index (κ2) is 20.1. The summed E-state index contributed by atoms with van der Waals surface area (Å²) >= 11 is 6.87. The molecule has 15 nitrogen and oxygen atoms in total. The maximum absolute atomic E-state index is 15.7. The van der Waals surface area contributed by atoms with Gasteiger partial charge in [0.2, 0.25) is 11.8 Å². The fraction of sp³-hybridized carbons (Fsp3) is 0.404. The number of hydrogen-bond acceptors (Lipinski definition) is 12. The van der Waals surface area contributed by atoms with Gasteiger partial charge < -0.3 is 34.7 Å². The van der Waals surface area contributed by atoms with Crippen molar-refractivity contribution in [1.82, 2.24) is 30.2 Å². The van der Waals surface area contributed by atoms with Gasteiger partial charge in [0.25, 0.3) is 5.91 Å². The molecule has 0 bridgehead atoms. The molecule has 3 amide bonds. The molecule has 2 saturated heterocycles. The molecule has 0 spiro atoms. The van der Waals surface area contributed by atoms with E-state index in [1.807, 2.05) is 27.7 Å². The number of rotatable bonds is 15. The number of aryl methyl sites for hydroxylation is 1. The third-order valence-electron chi connectivity index (χ3n) is 11.8. The minimum atomic E-state index is -5.27. The highest BCUT2D eigenvalue weighted by molar-refractivity contribution is 7.81. The van der Waals surface area contributed by atoms with Gasteiger partial charge in [-0.25, -0.2) is 23.1 Å². The van der Waals surface area contributed by atoms with Crippen LogP contribution < -0.4 is 19.9 Å². The first-order valence-electron chi connectivity index (χ1n) is 21.8. The van der Waals surface area contributed by atoms with Crippen molar-refractivity contribution in [3.8, 4) is 33.6 Å². The number of thiazole rings is 1. The first-order chi connectivity index (χ1) is 32.9. The lowest BCUT2D eigenvalue weighted by atomic mass is 9.85. The van der Waals surface area contributed by atoms with Crippen molar-refractivity contribution in [2.75, 3.05) is 36.2 Å². The van der Waals surface area contributed by atoms with E-state index in [2.05, 4.69) is 20.3 Å². The third kappa shape index (κ3) is 10.4. The number of halogens is 6. The topological polar surface area (TPSA) is 190 Å². The van der Waals surface area contributed by atoms with Crippen molar-refractivity contribution in [2.45, 2.75) is 90.7 Å². The Labute approximate surface area is 407 Å². The number of nitriles is 1. The Kier molecular flexibility index (Phi) is 14.7. The number of aromatic amines is 1. The summed E-state index contributed by atoms with van der Waals surface area (Å²) < 4.78 is 98.9. The number of aliphatic hydroxyl groups excluding tert-OH is 1. The molecule has 70 heavy (non-hydrogen) atoms. The number of nitrogens with one attached hydrogen (secondary N) is 2. The lowest BCUT2D eigenvalue weighted by Crippen LogP contribution is -2.55. The van der Waals surface area contributed by atoms with Crippen LogP contribution in [0.3, 0.4) is 0 Å². The molecule has 370 valence electrons. The molecule has 2 aliphatic rings. The molecular formula is C47H47F6N9O6S2. The van der Waals surface area contributed by atoms with E-state index in [0.717, 1.165) is 45.9 Å². The standard InChI is InChI=1S/C47H47F6N9O6S2/c1-24-39(70-23-57-24)31-20-56-41(58-31)33-17-28(63)21-60(33)42(65)40(45(2,3)4)59-35(64)22-67-13-7-8-14-68-34-12-10-25(15-29(34)48)38-30(49)16-27(19-55-38)62-44(69)61(43(66)46(62,5)6)32-11-9-26(18-54)36(37(32)50)47(51,52)53/h9-12,15-16,19-20,23,28,33,40,63H,7-8,13-14,17,21-22H2,1-6H3,(H,56,58)(H,59,64)/t28-,33+,40-/m1/s1. The highest BCUT2D eigenvalue weighted by atomic mass is 32.1. The van der Waals surface area contributed by atoms with Gasteiger partial charge in [0, 0.05) is 37.4 Å². The molecule has 0 saturated carbocycles. The molecule has 5 aromatic rings. The molecule has 7 rings (SSSR count). The van der Waals surface area contributed by atoms with E-state index in [-0.39, 0.29) is 61.4 Å². The number of ether oxygens (including phenoxy) is 2. The number of unbranched alkanes of at least 4 members (excludes halogenated alkanes) is 1. The van der Waals surface area contributed by atoms with Crippen LogP contribution in [-0.2, 0) is 25.3 Å². The Bertz CT molecular complexity index is 2880. The number of amides is 3. The van der Waals surface area contributed by atoms with Crippen LogP contribution in [0, 0.1) is 41.1 Å². The quantitative estimate of drug-likeness (QED) is 0.0519. The van der Waals surface area contributed by atoms with Crippen LogP contribution in [0.25, 0.3) is 21.8 Å². The monoisotopic (exact) mass is 1010 g/mol. The van der Waals surface area contributed by atoms with Gasteiger partial charge in [0.1, 0.15) is 41.0 Å². The zero-order valence-corrected chi connectivity index (χ0v) is 40.2. The average Bonchev–Trinajstić information content (AvgIpc) is 4.07. The van der Waals surface area contributed by atoms with Crippen molar-refractivity contribution in [2.24, 2.45) is 5.41 Å². The minimum Gasteiger partial charge on any atom is -0.491 e. The Morgan fingerprint density at radius 1 is 1.09 bits per heavy atom. The number of thiocarbonyl (C=S) groups is 1. The highest BCUT2D eigenvalue weighted by Crippen LogP contribution is 2.43. The summed E-state index contributed by atoms with van der Waals surface area (Å²) in [5.74, 6) is -5.15. The number of carbonyl (C=O) groups is 3. The number of aromatic nitrogens is 4. The normalized spacial score (nSPS) is 17.6. The molecule has 0 aliphatic carbocycles. The van der Waals surface area contributed by atoms with Crippen molar-refractivity contribution in [3.05, 3.63) is 94.4 Å². The Balaban J connectivity index is 0.900.